The lowest BCUT2D eigenvalue weighted by atomic mass is 10.1. The van der Waals surface area contributed by atoms with E-state index in [1.54, 1.807) is 7.11 Å². The molecule has 1 aliphatic rings. The molecule has 1 aromatic heterocycles. The van der Waals surface area contributed by atoms with Gasteiger partial charge in [0.2, 0.25) is 0 Å². The molecule has 0 amide bonds. The molecule has 0 spiro atoms. The number of nitrogens with zero attached hydrogens (tertiary/aromatic N) is 3. The van der Waals surface area contributed by atoms with E-state index >= 15 is 0 Å². The van der Waals surface area contributed by atoms with Crippen LogP contribution in [0.3, 0.4) is 0 Å². The summed E-state index contributed by atoms with van der Waals surface area (Å²) in [4.78, 5) is 2.38. The van der Waals surface area contributed by atoms with Gasteiger partial charge in [-0.15, -0.1) is 0 Å². The first-order valence-corrected chi connectivity index (χ1v) is 8.83. The number of aromatic nitrogens is 2. The Morgan fingerprint density at radius 1 is 1.00 bits per heavy atom. The molecule has 0 bridgehead atoms. The Morgan fingerprint density at radius 2 is 1.69 bits per heavy atom. The fourth-order valence-electron chi connectivity index (χ4n) is 3.36. The molecule has 2 aromatic carbocycles. The monoisotopic (exact) mass is 349 g/mol. The van der Waals surface area contributed by atoms with Crippen LogP contribution < -0.4 is 9.47 Å². The maximum Gasteiger partial charge on any atom is 0.161 e. The van der Waals surface area contributed by atoms with Gasteiger partial charge in [0.1, 0.15) is 6.10 Å². The van der Waals surface area contributed by atoms with E-state index in [0.717, 1.165) is 42.4 Å². The average molecular weight is 349 g/mol. The molecule has 0 aliphatic carbocycles. The normalized spacial score (nSPS) is 14.8. The van der Waals surface area contributed by atoms with E-state index in [-0.39, 0.29) is 6.10 Å². The number of para-hydroxylation sites is 2. The van der Waals surface area contributed by atoms with Gasteiger partial charge in [0.25, 0.3) is 0 Å². The van der Waals surface area contributed by atoms with Gasteiger partial charge in [0.15, 0.2) is 11.5 Å². The summed E-state index contributed by atoms with van der Waals surface area (Å²) in [7, 11) is 3.64. The summed E-state index contributed by atoms with van der Waals surface area (Å²) in [5.74, 6) is 1.59. The molecule has 5 heteroatoms. The molecule has 0 radical (unpaired) electrons. The van der Waals surface area contributed by atoms with E-state index in [1.165, 1.54) is 5.56 Å². The molecule has 134 valence electrons. The van der Waals surface area contributed by atoms with Gasteiger partial charge < -0.3 is 9.47 Å². The minimum atomic E-state index is 0.197. The van der Waals surface area contributed by atoms with Gasteiger partial charge in [-0.1, -0.05) is 42.5 Å². The van der Waals surface area contributed by atoms with Crippen LogP contribution in [0.5, 0.6) is 11.5 Å². The van der Waals surface area contributed by atoms with Crippen molar-refractivity contribution >= 4 is 0 Å². The van der Waals surface area contributed by atoms with Crippen LogP contribution in [0.25, 0.3) is 11.3 Å². The summed E-state index contributed by atoms with van der Waals surface area (Å²) in [5, 5.41) is 4.64. The lowest BCUT2D eigenvalue weighted by Crippen LogP contribution is -2.53. The van der Waals surface area contributed by atoms with Crippen molar-refractivity contribution in [2.24, 2.45) is 7.05 Å². The van der Waals surface area contributed by atoms with Crippen molar-refractivity contribution in [2.45, 2.75) is 12.6 Å². The maximum absolute atomic E-state index is 6.07. The second-order valence-electron chi connectivity index (χ2n) is 6.63. The number of ether oxygens (including phenoxy) is 2. The highest BCUT2D eigenvalue weighted by atomic mass is 16.5. The summed E-state index contributed by atoms with van der Waals surface area (Å²) >= 11 is 0. The van der Waals surface area contributed by atoms with Crippen LogP contribution in [0.2, 0.25) is 0 Å². The first-order chi connectivity index (χ1) is 12.7. The van der Waals surface area contributed by atoms with Crippen molar-refractivity contribution in [3.63, 3.8) is 0 Å². The summed E-state index contributed by atoms with van der Waals surface area (Å²) < 4.78 is 13.3. The van der Waals surface area contributed by atoms with E-state index in [1.807, 2.05) is 42.1 Å². The fraction of sp³-hybridized carbons (Fsp3) is 0.286. The van der Waals surface area contributed by atoms with Crippen molar-refractivity contribution in [2.75, 3.05) is 20.2 Å². The third-order valence-corrected chi connectivity index (χ3v) is 4.63. The fourth-order valence-corrected chi connectivity index (χ4v) is 3.36. The minimum Gasteiger partial charge on any atom is -0.493 e. The first kappa shape index (κ1) is 16.7. The highest BCUT2D eigenvalue weighted by Gasteiger charge is 2.30. The summed E-state index contributed by atoms with van der Waals surface area (Å²) in [5.41, 5.74) is 3.46. The number of hydrogen-bond acceptors (Lipinski definition) is 4. The van der Waals surface area contributed by atoms with Gasteiger partial charge >= 0.3 is 0 Å². The molecule has 1 fully saturated rings. The Bertz CT molecular complexity index is 870. The number of benzene rings is 2. The number of aryl methyl sites for hydroxylation is 1. The molecular formula is C21H23N3O2. The standard InChI is InChI=1S/C21H23N3O2/c1-23-12-17(21(22-23)16-8-4-3-5-9-16)13-24-14-18(15-24)26-20-11-7-6-10-19(20)25-2/h3-12,18H,13-15H2,1-2H3. The third-order valence-electron chi connectivity index (χ3n) is 4.63. The summed E-state index contributed by atoms with van der Waals surface area (Å²) in [6.07, 6.45) is 2.31. The van der Waals surface area contributed by atoms with Crippen LogP contribution in [0, 0.1) is 0 Å². The SMILES string of the molecule is COc1ccccc1OC1CN(Cc2cn(C)nc2-c2ccccc2)C1. The quantitative estimate of drug-likeness (QED) is 0.684. The number of likely N-dealkylation sites (tertiary alicyclic amines) is 1. The third kappa shape index (κ3) is 3.44. The van der Waals surface area contributed by atoms with Crippen molar-refractivity contribution < 1.29 is 9.47 Å². The zero-order chi connectivity index (χ0) is 17.9. The van der Waals surface area contributed by atoms with Gasteiger partial charge in [-0.2, -0.15) is 5.10 Å². The van der Waals surface area contributed by atoms with Gasteiger partial charge in [-0.25, -0.2) is 0 Å². The zero-order valence-corrected chi connectivity index (χ0v) is 15.1. The second kappa shape index (κ2) is 7.22. The highest BCUT2D eigenvalue weighted by molar-refractivity contribution is 5.62. The molecular weight excluding hydrogens is 326 g/mol. The summed E-state index contributed by atoms with van der Waals surface area (Å²) in [6, 6.07) is 18.1. The zero-order valence-electron chi connectivity index (χ0n) is 15.1. The molecule has 2 heterocycles. The van der Waals surface area contributed by atoms with Crippen LogP contribution in [-0.4, -0.2) is 41.0 Å². The Kier molecular flexibility index (Phi) is 4.63. The van der Waals surface area contributed by atoms with Crippen LogP contribution in [0.1, 0.15) is 5.56 Å². The molecule has 1 saturated heterocycles. The molecule has 0 saturated carbocycles. The van der Waals surface area contributed by atoms with Gasteiger partial charge in [0, 0.05) is 44.0 Å². The molecule has 0 N–H and O–H groups in total. The van der Waals surface area contributed by atoms with Crippen LogP contribution in [0.4, 0.5) is 0 Å². The average Bonchev–Trinajstić information content (AvgIpc) is 3.01. The van der Waals surface area contributed by atoms with Crippen molar-refractivity contribution in [1.29, 1.82) is 0 Å². The number of hydrogen-bond donors (Lipinski definition) is 0. The van der Waals surface area contributed by atoms with E-state index in [2.05, 4.69) is 40.5 Å². The topological polar surface area (TPSA) is 39.5 Å². The predicted molar refractivity (Wildman–Crippen MR) is 101 cm³/mol. The van der Waals surface area contributed by atoms with Crippen LogP contribution >= 0.6 is 0 Å². The molecule has 0 unspecified atom stereocenters. The molecule has 26 heavy (non-hydrogen) atoms. The molecule has 4 rings (SSSR count). The lowest BCUT2D eigenvalue weighted by Gasteiger charge is -2.39. The first-order valence-electron chi connectivity index (χ1n) is 8.83. The Labute approximate surface area is 153 Å². The van der Waals surface area contributed by atoms with Crippen molar-refractivity contribution in [1.82, 2.24) is 14.7 Å². The van der Waals surface area contributed by atoms with E-state index in [9.17, 15) is 0 Å². The lowest BCUT2D eigenvalue weighted by molar-refractivity contribution is 0.0132. The minimum absolute atomic E-state index is 0.197. The van der Waals surface area contributed by atoms with Crippen molar-refractivity contribution in [3.8, 4) is 22.8 Å². The van der Waals surface area contributed by atoms with Gasteiger partial charge in [-0.3, -0.25) is 9.58 Å². The second-order valence-corrected chi connectivity index (χ2v) is 6.63. The summed E-state index contributed by atoms with van der Waals surface area (Å²) in [6.45, 7) is 2.69. The highest BCUT2D eigenvalue weighted by Crippen LogP contribution is 2.30. The Morgan fingerprint density at radius 3 is 2.42 bits per heavy atom. The van der Waals surface area contributed by atoms with E-state index < -0.39 is 0 Å². The van der Waals surface area contributed by atoms with E-state index in [4.69, 9.17) is 9.47 Å². The van der Waals surface area contributed by atoms with E-state index in [0.29, 0.717) is 0 Å². The maximum atomic E-state index is 6.07. The predicted octanol–water partition coefficient (Wildman–Crippen LogP) is 3.36. The van der Waals surface area contributed by atoms with Crippen LogP contribution in [0.15, 0.2) is 60.8 Å². The smallest absolute Gasteiger partial charge is 0.161 e. The van der Waals surface area contributed by atoms with Crippen molar-refractivity contribution in [3.05, 3.63) is 66.4 Å². The Hall–Kier alpha value is -2.79. The Balaban J connectivity index is 1.39. The van der Waals surface area contributed by atoms with Crippen LogP contribution in [-0.2, 0) is 13.6 Å². The number of rotatable bonds is 6. The molecule has 1 aliphatic heterocycles. The largest absolute Gasteiger partial charge is 0.493 e. The molecule has 0 atom stereocenters. The molecule has 5 nitrogen and oxygen atoms in total. The van der Waals surface area contributed by atoms with Gasteiger partial charge in [-0.05, 0) is 12.1 Å². The van der Waals surface area contributed by atoms with Gasteiger partial charge in [0.05, 0.1) is 12.8 Å². The molecule has 3 aromatic rings. The number of methoxy groups -OCH3 is 1.